The summed E-state index contributed by atoms with van der Waals surface area (Å²) < 4.78 is 23.5. The maximum Gasteiger partial charge on any atom is 0.345 e. The lowest BCUT2D eigenvalue weighted by Crippen LogP contribution is -2.18. The van der Waals surface area contributed by atoms with Gasteiger partial charge in [-0.05, 0) is 49.9 Å². The molecule has 0 atom stereocenters. The molecule has 0 amide bonds. The van der Waals surface area contributed by atoms with E-state index in [0.29, 0.717) is 16.7 Å². The van der Waals surface area contributed by atoms with Crippen molar-refractivity contribution in [3.63, 3.8) is 0 Å². The molecule has 0 N–H and O–H groups in total. The number of carbonyl (C=O) groups excluding carboxylic acids is 2. The van der Waals surface area contributed by atoms with Crippen molar-refractivity contribution in [3.8, 4) is 0 Å². The Morgan fingerprint density at radius 3 is 2.00 bits per heavy atom. The summed E-state index contributed by atoms with van der Waals surface area (Å²) in [6, 6.07) is 0. The Bertz CT molecular complexity index is 601. The Labute approximate surface area is 123 Å². The molecule has 0 saturated carbocycles. The Hall–Kier alpha value is -2.17. The Balaban J connectivity index is 3.57. The number of Topliss-reactive ketones (excluding diaryl/α,β-unsaturated/α-hetero) is 1. The minimum atomic E-state index is -0.820. The highest BCUT2D eigenvalue weighted by molar-refractivity contribution is 6.25. The zero-order chi connectivity index (χ0) is 16.3. The predicted molar refractivity (Wildman–Crippen MR) is 76.8 cm³/mol. The molecule has 1 aromatic rings. The summed E-state index contributed by atoms with van der Waals surface area (Å²) in [4.78, 5) is 24.3. The van der Waals surface area contributed by atoms with Crippen LogP contribution in [-0.2, 0) is 14.3 Å². The van der Waals surface area contributed by atoms with Gasteiger partial charge in [-0.15, -0.1) is 0 Å². The van der Waals surface area contributed by atoms with Crippen molar-refractivity contribution in [2.24, 2.45) is 0 Å². The molecule has 21 heavy (non-hydrogen) atoms. The van der Waals surface area contributed by atoms with Crippen LogP contribution in [0, 0.1) is 33.5 Å². The second-order valence-corrected chi connectivity index (χ2v) is 4.78. The van der Waals surface area contributed by atoms with E-state index < -0.39 is 17.6 Å². The molecule has 114 valence electrons. The molecule has 1 aromatic carbocycles. The van der Waals surface area contributed by atoms with Crippen molar-refractivity contribution >= 4 is 11.8 Å². The van der Waals surface area contributed by atoms with Crippen LogP contribution in [0.1, 0.15) is 32.6 Å². The molecule has 0 fully saturated rings. The van der Waals surface area contributed by atoms with Crippen molar-refractivity contribution in [2.45, 2.75) is 27.7 Å². The SMILES string of the molecule is CO/C=C(\C(=O)OC)C(=O)c1c(C)c(C)c(C)c(F)c1C. The number of benzene rings is 1. The van der Waals surface area contributed by atoms with E-state index in [9.17, 15) is 14.0 Å². The molecule has 0 spiro atoms. The molecule has 0 unspecified atom stereocenters. The number of carbonyl (C=O) groups is 2. The lowest BCUT2D eigenvalue weighted by atomic mass is 9.89. The van der Waals surface area contributed by atoms with E-state index in [2.05, 4.69) is 4.74 Å². The predicted octanol–water partition coefficient (Wildman–Crippen LogP) is 2.95. The van der Waals surface area contributed by atoms with Crippen LogP contribution in [0.3, 0.4) is 0 Å². The lowest BCUT2D eigenvalue weighted by molar-refractivity contribution is -0.135. The average Bonchev–Trinajstić information content (AvgIpc) is 2.47. The van der Waals surface area contributed by atoms with Gasteiger partial charge in [0.15, 0.2) is 0 Å². The monoisotopic (exact) mass is 294 g/mol. The molecular formula is C16H19FO4. The summed E-state index contributed by atoms with van der Waals surface area (Å²) in [5.41, 5.74) is 1.94. The highest BCUT2D eigenvalue weighted by atomic mass is 19.1. The highest BCUT2D eigenvalue weighted by Gasteiger charge is 2.27. The molecule has 5 heteroatoms. The Morgan fingerprint density at radius 1 is 0.952 bits per heavy atom. The topological polar surface area (TPSA) is 52.6 Å². The summed E-state index contributed by atoms with van der Waals surface area (Å²) in [5.74, 6) is -1.87. The van der Waals surface area contributed by atoms with Gasteiger partial charge in [0.25, 0.3) is 0 Å². The van der Waals surface area contributed by atoms with E-state index in [1.54, 1.807) is 20.8 Å². The van der Waals surface area contributed by atoms with Crippen LogP contribution >= 0.6 is 0 Å². The minimum absolute atomic E-state index is 0.171. The third kappa shape index (κ3) is 2.96. The van der Waals surface area contributed by atoms with E-state index >= 15 is 0 Å². The number of esters is 1. The fourth-order valence-corrected chi connectivity index (χ4v) is 2.20. The number of hydrogen-bond acceptors (Lipinski definition) is 4. The van der Waals surface area contributed by atoms with E-state index in [-0.39, 0.29) is 16.7 Å². The molecule has 0 heterocycles. The standard InChI is InChI=1S/C16H19FO4/c1-8-9(2)13(11(4)14(17)10(8)3)15(18)12(7-20-5)16(19)21-6/h7H,1-6H3/b12-7-. The molecule has 0 aliphatic rings. The zero-order valence-electron chi connectivity index (χ0n) is 13.1. The number of hydrogen-bond donors (Lipinski definition) is 0. The fraction of sp³-hybridized carbons (Fsp3) is 0.375. The first-order valence-electron chi connectivity index (χ1n) is 6.39. The maximum atomic E-state index is 14.2. The molecule has 0 saturated heterocycles. The maximum absolute atomic E-state index is 14.2. The second-order valence-electron chi connectivity index (χ2n) is 4.78. The van der Waals surface area contributed by atoms with Gasteiger partial charge in [0.05, 0.1) is 14.2 Å². The van der Waals surface area contributed by atoms with Crippen LogP contribution in [0.5, 0.6) is 0 Å². The van der Waals surface area contributed by atoms with Gasteiger partial charge in [-0.3, -0.25) is 4.79 Å². The van der Waals surface area contributed by atoms with Gasteiger partial charge in [-0.2, -0.15) is 0 Å². The van der Waals surface area contributed by atoms with Crippen LogP contribution in [0.25, 0.3) is 0 Å². The summed E-state index contributed by atoms with van der Waals surface area (Å²) in [6.45, 7) is 6.64. The third-order valence-corrected chi connectivity index (χ3v) is 3.65. The number of methoxy groups -OCH3 is 2. The van der Waals surface area contributed by atoms with E-state index in [4.69, 9.17) is 4.74 Å². The van der Waals surface area contributed by atoms with Crippen LogP contribution in [0.2, 0.25) is 0 Å². The normalized spacial score (nSPS) is 11.3. The van der Waals surface area contributed by atoms with Crippen molar-refractivity contribution in [2.75, 3.05) is 14.2 Å². The van der Waals surface area contributed by atoms with Gasteiger partial charge in [0, 0.05) is 5.56 Å². The highest BCUT2D eigenvalue weighted by Crippen LogP contribution is 2.27. The molecule has 0 aliphatic carbocycles. The average molecular weight is 294 g/mol. The van der Waals surface area contributed by atoms with Gasteiger partial charge < -0.3 is 9.47 Å². The number of ether oxygens (including phenoxy) is 2. The number of rotatable bonds is 4. The van der Waals surface area contributed by atoms with Crippen molar-refractivity contribution in [3.05, 3.63) is 45.5 Å². The van der Waals surface area contributed by atoms with Crippen LogP contribution in [0.4, 0.5) is 4.39 Å². The summed E-state index contributed by atoms with van der Waals surface area (Å²) in [7, 11) is 2.48. The molecule has 0 aliphatic heterocycles. The summed E-state index contributed by atoms with van der Waals surface area (Å²) >= 11 is 0. The van der Waals surface area contributed by atoms with Gasteiger partial charge >= 0.3 is 5.97 Å². The Morgan fingerprint density at radius 2 is 1.52 bits per heavy atom. The summed E-state index contributed by atoms with van der Waals surface area (Å²) in [6.07, 6.45) is 1.01. The molecule has 0 bridgehead atoms. The lowest BCUT2D eigenvalue weighted by Gasteiger charge is -2.16. The van der Waals surface area contributed by atoms with E-state index in [1.807, 2.05) is 0 Å². The first kappa shape index (κ1) is 16.9. The molecular weight excluding hydrogens is 275 g/mol. The van der Waals surface area contributed by atoms with Crippen LogP contribution < -0.4 is 0 Å². The van der Waals surface area contributed by atoms with Crippen molar-refractivity contribution in [1.82, 2.24) is 0 Å². The number of halogens is 1. The first-order valence-corrected chi connectivity index (χ1v) is 6.39. The fourth-order valence-electron chi connectivity index (χ4n) is 2.20. The van der Waals surface area contributed by atoms with E-state index in [1.165, 1.54) is 21.1 Å². The van der Waals surface area contributed by atoms with Gasteiger partial charge in [-0.25, -0.2) is 9.18 Å². The van der Waals surface area contributed by atoms with E-state index in [0.717, 1.165) is 6.26 Å². The van der Waals surface area contributed by atoms with Crippen molar-refractivity contribution < 1.29 is 23.5 Å². The molecule has 0 aromatic heterocycles. The molecule has 0 radical (unpaired) electrons. The summed E-state index contributed by atoms with van der Waals surface area (Å²) in [5, 5.41) is 0. The minimum Gasteiger partial charge on any atom is -0.503 e. The molecule has 4 nitrogen and oxygen atoms in total. The third-order valence-electron chi connectivity index (χ3n) is 3.65. The quantitative estimate of drug-likeness (QED) is 0.214. The Kier molecular flexibility index (Phi) is 5.24. The number of ketones is 1. The largest absolute Gasteiger partial charge is 0.503 e. The van der Waals surface area contributed by atoms with Crippen LogP contribution in [0.15, 0.2) is 11.8 Å². The van der Waals surface area contributed by atoms with Gasteiger partial charge in [0.1, 0.15) is 17.7 Å². The smallest absolute Gasteiger partial charge is 0.345 e. The van der Waals surface area contributed by atoms with Crippen LogP contribution in [-0.4, -0.2) is 26.0 Å². The molecule has 1 rings (SSSR count). The first-order chi connectivity index (χ1) is 9.77. The van der Waals surface area contributed by atoms with Gasteiger partial charge in [0.2, 0.25) is 5.78 Å². The van der Waals surface area contributed by atoms with Gasteiger partial charge in [-0.1, -0.05) is 0 Å². The zero-order valence-corrected chi connectivity index (χ0v) is 13.1. The second kappa shape index (κ2) is 6.52. The van der Waals surface area contributed by atoms with Crippen molar-refractivity contribution in [1.29, 1.82) is 0 Å².